The predicted octanol–water partition coefficient (Wildman–Crippen LogP) is 1.48. The third-order valence-electron chi connectivity index (χ3n) is 3.58. The normalized spacial score (nSPS) is 21.8. The topological polar surface area (TPSA) is 81.4 Å². The number of aryl methyl sites for hydroxylation is 1. The highest BCUT2D eigenvalue weighted by Crippen LogP contribution is 2.26. The molecular weight excluding hydrogens is 308 g/mol. The van der Waals surface area contributed by atoms with Crippen LogP contribution in [0.4, 0.5) is 0 Å². The predicted molar refractivity (Wildman–Crippen MR) is 85.8 cm³/mol. The maximum Gasteiger partial charge on any atom is 0.241 e. The third kappa shape index (κ3) is 3.79. The van der Waals surface area contributed by atoms with Gasteiger partial charge in [-0.2, -0.15) is 0 Å². The molecule has 0 radical (unpaired) electrons. The molecule has 1 saturated carbocycles. The molecule has 7 heteroatoms. The molecule has 0 saturated heterocycles. The van der Waals surface area contributed by atoms with Gasteiger partial charge in [0.1, 0.15) is 4.99 Å². The summed E-state index contributed by atoms with van der Waals surface area (Å²) in [5, 5.41) is 0. The van der Waals surface area contributed by atoms with Gasteiger partial charge in [-0.05, 0) is 38.3 Å². The van der Waals surface area contributed by atoms with E-state index in [9.17, 15) is 8.42 Å². The molecular formula is C14H20N2O3S2. The van der Waals surface area contributed by atoms with Crippen molar-refractivity contribution in [2.45, 2.75) is 43.7 Å². The Labute approximate surface area is 130 Å². The van der Waals surface area contributed by atoms with E-state index in [1.54, 1.807) is 19.1 Å². The van der Waals surface area contributed by atoms with E-state index >= 15 is 0 Å². The molecule has 0 heterocycles. The maximum absolute atomic E-state index is 12.5. The van der Waals surface area contributed by atoms with E-state index in [0.717, 1.165) is 0 Å². The standard InChI is InChI=1S/C14H20N2O3S2/c1-3-19-12-7-11(8-12)16-21(17,18)13-6-10(14(15)20)5-4-9(13)2/h4-6,11-12,16H,3,7-8H2,1-2H3,(H2,15,20). The summed E-state index contributed by atoms with van der Waals surface area (Å²) in [4.78, 5) is 0.416. The Balaban J connectivity index is 2.13. The van der Waals surface area contributed by atoms with Gasteiger partial charge in [-0.3, -0.25) is 0 Å². The lowest BCUT2D eigenvalue weighted by Gasteiger charge is -2.35. The van der Waals surface area contributed by atoms with Crippen LogP contribution in [0.25, 0.3) is 0 Å². The summed E-state index contributed by atoms with van der Waals surface area (Å²) < 4.78 is 33.1. The number of ether oxygens (including phenoxy) is 1. The average molecular weight is 328 g/mol. The maximum atomic E-state index is 12.5. The molecule has 1 aliphatic carbocycles. The van der Waals surface area contributed by atoms with Crippen LogP contribution in [0.1, 0.15) is 30.9 Å². The van der Waals surface area contributed by atoms with E-state index in [-0.39, 0.29) is 22.0 Å². The summed E-state index contributed by atoms with van der Waals surface area (Å²) in [6.07, 6.45) is 1.58. The zero-order chi connectivity index (χ0) is 15.6. The van der Waals surface area contributed by atoms with Gasteiger partial charge in [0.15, 0.2) is 0 Å². The summed E-state index contributed by atoms with van der Waals surface area (Å²) in [7, 11) is -3.57. The first-order chi connectivity index (χ1) is 9.83. The van der Waals surface area contributed by atoms with Crippen molar-refractivity contribution in [2.75, 3.05) is 6.61 Å². The Morgan fingerprint density at radius 2 is 2.14 bits per heavy atom. The smallest absolute Gasteiger partial charge is 0.241 e. The molecule has 0 aromatic heterocycles. The summed E-state index contributed by atoms with van der Waals surface area (Å²) in [5.74, 6) is 0. The second kappa shape index (κ2) is 6.39. The zero-order valence-electron chi connectivity index (χ0n) is 12.1. The van der Waals surface area contributed by atoms with E-state index in [4.69, 9.17) is 22.7 Å². The van der Waals surface area contributed by atoms with Gasteiger partial charge >= 0.3 is 0 Å². The fraction of sp³-hybridized carbons (Fsp3) is 0.500. The van der Waals surface area contributed by atoms with Gasteiger partial charge in [0.05, 0.1) is 11.0 Å². The second-order valence-corrected chi connectivity index (χ2v) is 7.33. The van der Waals surface area contributed by atoms with Crippen LogP contribution >= 0.6 is 12.2 Å². The summed E-state index contributed by atoms with van der Waals surface area (Å²) in [5.41, 5.74) is 6.79. The van der Waals surface area contributed by atoms with Crippen LogP contribution in [0, 0.1) is 6.92 Å². The van der Waals surface area contributed by atoms with Crippen molar-refractivity contribution in [2.24, 2.45) is 5.73 Å². The van der Waals surface area contributed by atoms with Crippen LogP contribution in [0.3, 0.4) is 0 Å². The van der Waals surface area contributed by atoms with E-state index in [1.165, 1.54) is 6.07 Å². The van der Waals surface area contributed by atoms with Crippen LogP contribution in [-0.4, -0.2) is 32.2 Å². The molecule has 0 bridgehead atoms. The number of rotatable bonds is 6. The second-order valence-electron chi connectivity index (χ2n) is 5.21. The van der Waals surface area contributed by atoms with Crippen molar-refractivity contribution in [3.63, 3.8) is 0 Å². The number of hydrogen-bond donors (Lipinski definition) is 2. The van der Waals surface area contributed by atoms with Crippen LogP contribution in [0.2, 0.25) is 0 Å². The number of hydrogen-bond acceptors (Lipinski definition) is 4. The molecule has 1 fully saturated rings. The molecule has 5 nitrogen and oxygen atoms in total. The quantitative estimate of drug-likeness (QED) is 0.773. The first-order valence-corrected chi connectivity index (χ1v) is 8.77. The highest BCUT2D eigenvalue weighted by Gasteiger charge is 2.33. The molecule has 1 aromatic carbocycles. The Morgan fingerprint density at radius 3 is 2.71 bits per heavy atom. The summed E-state index contributed by atoms with van der Waals surface area (Å²) in [6.45, 7) is 4.34. The van der Waals surface area contributed by atoms with Gasteiger partial charge < -0.3 is 10.5 Å². The Bertz CT molecular complexity index is 638. The van der Waals surface area contributed by atoms with Gasteiger partial charge in [0.2, 0.25) is 10.0 Å². The molecule has 0 spiro atoms. The first-order valence-electron chi connectivity index (χ1n) is 6.88. The Kier molecular flexibility index (Phi) is 4.98. The van der Waals surface area contributed by atoms with E-state index in [0.29, 0.717) is 30.6 Å². The van der Waals surface area contributed by atoms with Gasteiger partial charge in [-0.15, -0.1) is 0 Å². The van der Waals surface area contributed by atoms with Gasteiger partial charge in [-0.25, -0.2) is 13.1 Å². The lowest BCUT2D eigenvalue weighted by Crippen LogP contribution is -2.47. The summed E-state index contributed by atoms with van der Waals surface area (Å²) >= 11 is 4.90. The lowest BCUT2D eigenvalue weighted by molar-refractivity contribution is -0.00475. The van der Waals surface area contributed by atoms with E-state index < -0.39 is 10.0 Å². The first kappa shape index (κ1) is 16.4. The minimum Gasteiger partial charge on any atom is -0.389 e. The average Bonchev–Trinajstić information content (AvgIpc) is 2.36. The van der Waals surface area contributed by atoms with E-state index in [1.807, 2.05) is 6.92 Å². The van der Waals surface area contributed by atoms with Crippen molar-refractivity contribution < 1.29 is 13.2 Å². The van der Waals surface area contributed by atoms with Crippen molar-refractivity contribution >= 4 is 27.2 Å². The minimum absolute atomic E-state index is 0.0700. The van der Waals surface area contributed by atoms with Gasteiger partial charge in [-0.1, -0.05) is 24.4 Å². The number of thiocarbonyl (C=S) groups is 1. The number of sulfonamides is 1. The Morgan fingerprint density at radius 1 is 1.48 bits per heavy atom. The molecule has 116 valence electrons. The molecule has 0 amide bonds. The van der Waals surface area contributed by atoms with Crippen LogP contribution in [-0.2, 0) is 14.8 Å². The number of nitrogens with one attached hydrogen (secondary N) is 1. The van der Waals surface area contributed by atoms with Crippen molar-refractivity contribution in [3.8, 4) is 0 Å². The van der Waals surface area contributed by atoms with Gasteiger partial charge in [0.25, 0.3) is 0 Å². The number of benzene rings is 1. The van der Waals surface area contributed by atoms with Crippen molar-refractivity contribution in [1.29, 1.82) is 0 Å². The molecule has 1 aromatic rings. The number of nitrogens with two attached hydrogens (primary N) is 1. The van der Waals surface area contributed by atoms with E-state index in [2.05, 4.69) is 4.72 Å². The molecule has 1 aliphatic rings. The monoisotopic (exact) mass is 328 g/mol. The highest BCUT2D eigenvalue weighted by atomic mass is 32.2. The van der Waals surface area contributed by atoms with Crippen LogP contribution < -0.4 is 10.5 Å². The Hall–Kier alpha value is -1.02. The van der Waals surface area contributed by atoms with Crippen LogP contribution in [0.5, 0.6) is 0 Å². The molecule has 21 heavy (non-hydrogen) atoms. The third-order valence-corrected chi connectivity index (χ3v) is 5.48. The zero-order valence-corrected chi connectivity index (χ0v) is 13.8. The van der Waals surface area contributed by atoms with Crippen LogP contribution in [0.15, 0.2) is 23.1 Å². The SMILES string of the molecule is CCOC1CC(NS(=O)(=O)c2cc(C(N)=S)ccc2C)C1. The highest BCUT2D eigenvalue weighted by molar-refractivity contribution is 7.89. The van der Waals surface area contributed by atoms with Crippen molar-refractivity contribution in [1.82, 2.24) is 4.72 Å². The molecule has 0 aliphatic heterocycles. The minimum atomic E-state index is -3.57. The lowest BCUT2D eigenvalue weighted by atomic mass is 9.90. The van der Waals surface area contributed by atoms with Gasteiger partial charge in [0, 0.05) is 18.2 Å². The fourth-order valence-electron chi connectivity index (χ4n) is 2.36. The molecule has 2 rings (SSSR count). The molecule has 0 unspecified atom stereocenters. The largest absolute Gasteiger partial charge is 0.389 e. The fourth-order valence-corrected chi connectivity index (χ4v) is 4.02. The van der Waals surface area contributed by atoms with Crippen molar-refractivity contribution in [3.05, 3.63) is 29.3 Å². The molecule has 3 N–H and O–H groups in total. The molecule has 0 atom stereocenters. The summed E-state index contributed by atoms with van der Waals surface area (Å²) in [6, 6.07) is 4.90.